The smallest absolute Gasteiger partial charge is 0.508 e. The molecule has 0 radical (unpaired) electrons. The zero-order valence-electron chi connectivity index (χ0n) is 12.1. The maximum absolute atomic E-state index is 11.0. The fourth-order valence-corrected chi connectivity index (χ4v) is 2.63. The Labute approximate surface area is 132 Å². The van der Waals surface area contributed by atoms with Gasteiger partial charge in [0.05, 0.1) is 0 Å². The number of benzene rings is 2. The summed E-state index contributed by atoms with van der Waals surface area (Å²) in [6, 6.07) is 8.79. The van der Waals surface area contributed by atoms with Gasteiger partial charge >= 0.3 is 7.82 Å². The Bertz CT molecular complexity index is 721. The summed E-state index contributed by atoms with van der Waals surface area (Å²) in [4.78, 5) is 17.8. The Kier molecular flexibility index (Phi) is 5.15. The highest BCUT2D eigenvalue weighted by Gasteiger charge is 2.21. The minimum Gasteiger partial charge on any atom is -0.508 e. The first-order valence-electron chi connectivity index (χ1n) is 6.82. The second kappa shape index (κ2) is 6.91. The summed E-state index contributed by atoms with van der Waals surface area (Å²) >= 11 is 0. The average Bonchev–Trinajstić information content (AvgIpc) is 2.42. The van der Waals surface area contributed by atoms with E-state index in [0.717, 1.165) is 17.7 Å². The van der Waals surface area contributed by atoms with E-state index in [1.165, 1.54) is 0 Å². The molecule has 124 valence electrons. The molecule has 0 fully saturated rings. The van der Waals surface area contributed by atoms with Crippen LogP contribution < -0.4 is 4.52 Å². The van der Waals surface area contributed by atoms with Gasteiger partial charge in [0.25, 0.3) is 0 Å². The van der Waals surface area contributed by atoms with Crippen LogP contribution in [0.2, 0.25) is 0 Å². The van der Waals surface area contributed by atoms with Crippen molar-refractivity contribution in [1.82, 2.24) is 0 Å². The van der Waals surface area contributed by atoms with Crippen molar-refractivity contribution in [2.75, 3.05) is 0 Å². The number of phenolic OH excluding ortho intramolecular Hbond substituents is 3. The van der Waals surface area contributed by atoms with Gasteiger partial charge in [-0.25, -0.2) is 4.57 Å². The standard InChI is InChI=1S/C15H17O7P/c16-11-6-4-10(5-7-11)2-1-3-13-14(18)8-12(17)9-15(13)22-23(19,20)21/h4-9,16-18H,1-3H2,(H2,19,20,21). The highest BCUT2D eigenvalue weighted by molar-refractivity contribution is 7.46. The van der Waals surface area contributed by atoms with E-state index in [1.54, 1.807) is 24.3 Å². The van der Waals surface area contributed by atoms with Crippen LogP contribution in [0, 0.1) is 0 Å². The second-order valence-electron chi connectivity index (χ2n) is 5.04. The highest BCUT2D eigenvalue weighted by atomic mass is 31.2. The van der Waals surface area contributed by atoms with Crippen molar-refractivity contribution >= 4 is 7.82 Å². The van der Waals surface area contributed by atoms with Gasteiger partial charge in [-0.1, -0.05) is 12.1 Å². The molecule has 0 bridgehead atoms. The van der Waals surface area contributed by atoms with Gasteiger partial charge in [0.2, 0.25) is 0 Å². The summed E-state index contributed by atoms with van der Waals surface area (Å²) in [7, 11) is -4.80. The van der Waals surface area contributed by atoms with Gasteiger partial charge in [0.15, 0.2) is 0 Å². The van der Waals surface area contributed by atoms with Crippen molar-refractivity contribution in [2.45, 2.75) is 19.3 Å². The number of aryl methyl sites for hydroxylation is 1. The van der Waals surface area contributed by atoms with Crippen molar-refractivity contribution in [3.8, 4) is 23.0 Å². The first kappa shape index (κ1) is 17.1. The normalized spacial score (nSPS) is 11.4. The molecule has 0 saturated heterocycles. The zero-order chi connectivity index (χ0) is 17.0. The maximum Gasteiger partial charge on any atom is 0.524 e. The fourth-order valence-electron chi connectivity index (χ4n) is 2.21. The first-order chi connectivity index (χ1) is 10.7. The molecule has 0 aromatic heterocycles. The Hall–Kier alpha value is -2.21. The van der Waals surface area contributed by atoms with E-state index >= 15 is 0 Å². The highest BCUT2D eigenvalue weighted by Crippen LogP contribution is 2.43. The first-order valence-corrected chi connectivity index (χ1v) is 8.35. The number of rotatable bonds is 6. The molecule has 0 aliphatic carbocycles. The molecular formula is C15H17O7P. The molecule has 8 heteroatoms. The predicted octanol–water partition coefficient (Wildman–Crippen LogP) is 2.45. The molecule has 0 aliphatic rings. The largest absolute Gasteiger partial charge is 0.524 e. The number of hydrogen-bond acceptors (Lipinski definition) is 5. The molecule has 2 aromatic carbocycles. The molecule has 0 spiro atoms. The molecule has 5 N–H and O–H groups in total. The van der Waals surface area contributed by atoms with Crippen molar-refractivity contribution in [3.63, 3.8) is 0 Å². The number of phosphoric ester groups is 1. The lowest BCUT2D eigenvalue weighted by Gasteiger charge is -2.14. The molecular weight excluding hydrogens is 323 g/mol. The monoisotopic (exact) mass is 340 g/mol. The summed E-state index contributed by atoms with van der Waals surface area (Å²) in [5.41, 5.74) is 1.18. The molecule has 23 heavy (non-hydrogen) atoms. The van der Waals surface area contributed by atoms with Gasteiger partial charge in [-0.05, 0) is 37.0 Å². The van der Waals surface area contributed by atoms with Crippen LogP contribution in [-0.2, 0) is 17.4 Å². The minimum absolute atomic E-state index is 0.169. The lowest BCUT2D eigenvalue weighted by molar-refractivity contribution is 0.281. The third-order valence-electron chi connectivity index (χ3n) is 3.22. The van der Waals surface area contributed by atoms with Gasteiger partial charge < -0.3 is 19.8 Å². The van der Waals surface area contributed by atoms with E-state index in [1.807, 2.05) is 0 Å². The molecule has 0 amide bonds. The third-order valence-corrected chi connectivity index (χ3v) is 3.65. The van der Waals surface area contributed by atoms with E-state index in [0.29, 0.717) is 19.3 Å². The lowest BCUT2D eigenvalue weighted by atomic mass is 10.0. The van der Waals surface area contributed by atoms with Crippen LogP contribution >= 0.6 is 7.82 Å². The molecule has 0 atom stereocenters. The second-order valence-corrected chi connectivity index (χ2v) is 6.21. The third kappa shape index (κ3) is 5.17. The van der Waals surface area contributed by atoms with Crippen molar-refractivity contribution in [3.05, 3.63) is 47.5 Å². The molecule has 0 unspecified atom stereocenters. The zero-order valence-corrected chi connectivity index (χ0v) is 13.0. The van der Waals surface area contributed by atoms with Crippen LogP contribution in [0.4, 0.5) is 0 Å². The van der Waals surface area contributed by atoms with Gasteiger partial charge in [-0.3, -0.25) is 9.79 Å². The van der Waals surface area contributed by atoms with Crippen LogP contribution in [0.25, 0.3) is 0 Å². The van der Waals surface area contributed by atoms with E-state index in [-0.39, 0.29) is 28.6 Å². The van der Waals surface area contributed by atoms with Crippen LogP contribution in [0.15, 0.2) is 36.4 Å². The Balaban J connectivity index is 2.12. The van der Waals surface area contributed by atoms with Gasteiger partial charge in [0.1, 0.15) is 23.0 Å². The van der Waals surface area contributed by atoms with Crippen molar-refractivity contribution in [2.24, 2.45) is 0 Å². The van der Waals surface area contributed by atoms with Crippen molar-refractivity contribution < 1.29 is 34.2 Å². The molecule has 0 aliphatic heterocycles. The lowest BCUT2D eigenvalue weighted by Crippen LogP contribution is -1.97. The summed E-state index contributed by atoms with van der Waals surface area (Å²) in [6.45, 7) is 0. The Morgan fingerprint density at radius 2 is 1.57 bits per heavy atom. The van der Waals surface area contributed by atoms with Crippen LogP contribution in [0.3, 0.4) is 0 Å². The summed E-state index contributed by atoms with van der Waals surface area (Å²) in [6.07, 6.45) is 1.50. The van der Waals surface area contributed by atoms with E-state index < -0.39 is 7.82 Å². The Morgan fingerprint density at radius 1 is 0.913 bits per heavy atom. The Morgan fingerprint density at radius 3 is 2.17 bits per heavy atom. The maximum atomic E-state index is 11.0. The topological polar surface area (TPSA) is 127 Å². The number of hydrogen-bond donors (Lipinski definition) is 5. The SMILES string of the molecule is O=P(O)(O)Oc1cc(O)cc(O)c1CCCc1ccc(O)cc1. The summed E-state index contributed by atoms with van der Waals surface area (Å²) in [5, 5.41) is 28.5. The summed E-state index contributed by atoms with van der Waals surface area (Å²) < 4.78 is 15.5. The predicted molar refractivity (Wildman–Crippen MR) is 82.6 cm³/mol. The molecule has 2 aromatic rings. The number of phosphoric acid groups is 1. The van der Waals surface area contributed by atoms with Crippen LogP contribution in [0.1, 0.15) is 17.5 Å². The van der Waals surface area contributed by atoms with Gasteiger partial charge in [-0.2, -0.15) is 0 Å². The van der Waals surface area contributed by atoms with Crippen LogP contribution in [0.5, 0.6) is 23.0 Å². The molecule has 7 nitrogen and oxygen atoms in total. The van der Waals surface area contributed by atoms with E-state index in [4.69, 9.17) is 9.79 Å². The molecule has 0 saturated carbocycles. The summed E-state index contributed by atoms with van der Waals surface area (Å²) in [5.74, 6) is -0.726. The van der Waals surface area contributed by atoms with Crippen LogP contribution in [-0.4, -0.2) is 25.1 Å². The number of phenols is 3. The van der Waals surface area contributed by atoms with Crippen molar-refractivity contribution in [1.29, 1.82) is 0 Å². The molecule has 0 heterocycles. The van der Waals surface area contributed by atoms with Gasteiger partial charge in [0, 0.05) is 17.7 Å². The fraction of sp³-hybridized carbons (Fsp3) is 0.200. The molecule has 2 rings (SSSR count). The number of aromatic hydroxyl groups is 3. The quantitative estimate of drug-likeness (QED) is 0.511. The van der Waals surface area contributed by atoms with E-state index in [9.17, 15) is 19.9 Å². The minimum atomic E-state index is -4.80. The van der Waals surface area contributed by atoms with E-state index in [2.05, 4.69) is 4.52 Å². The average molecular weight is 340 g/mol. The van der Waals surface area contributed by atoms with Gasteiger partial charge in [-0.15, -0.1) is 0 Å².